The van der Waals surface area contributed by atoms with Crippen LogP contribution in [0.5, 0.6) is 5.75 Å². The molecule has 0 saturated heterocycles. The number of hydrogen-bond donors (Lipinski definition) is 0. The van der Waals surface area contributed by atoms with Crippen molar-refractivity contribution in [1.82, 2.24) is 30.2 Å². The molecule has 0 saturated carbocycles. The average molecular weight is 364 g/mol. The molecular weight excluding hydrogens is 352 g/mol. The van der Waals surface area contributed by atoms with E-state index in [9.17, 15) is 4.79 Å². The first-order chi connectivity index (χ1) is 12.8. The summed E-state index contributed by atoms with van der Waals surface area (Å²) in [4.78, 5) is 20.8. The second kappa shape index (κ2) is 7.19. The zero-order chi connectivity index (χ0) is 17.8. The largest absolute Gasteiger partial charge is 0.426 e. The fraction of sp³-hybridized carbons (Fsp3) is 0.0588. The van der Waals surface area contributed by atoms with Crippen molar-refractivity contribution in [1.29, 1.82) is 0 Å². The van der Waals surface area contributed by atoms with E-state index in [2.05, 4.69) is 25.5 Å². The highest BCUT2D eigenvalue weighted by atomic mass is 32.1. The van der Waals surface area contributed by atoms with Gasteiger partial charge in [0.1, 0.15) is 17.1 Å². The summed E-state index contributed by atoms with van der Waals surface area (Å²) < 4.78 is 6.87. The summed E-state index contributed by atoms with van der Waals surface area (Å²) in [6, 6.07) is 12.5. The zero-order valence-electron chi connectivity index (χ0n) is 13.4. The Balaban J connectivity index is 1.39. The van der Waals surface area contributed by atoms with Gasteiger partial charge in [0, 0.05) is 11.6 Å². The van der Waals surface area contributed by atoms with Crippen LogP contribution in [0.15, 0.2) is 60.4 Å². The number of nitrogens with zero attached hydrogens (tertiary/aromatic N) is 6. The van der Waals surface area contributed by atoms with Gasteiger partial charge in [-0.1, -0.05) is 6.07 Å². The molecule has 0 aliphatic carbocycles. The maximum absolute atomic E-state index is 12.1. The lowest BCUT2D eigenvalue weighted by Crippen LogP contribution is -2.11. The van der Waals surface area contributed by atoms with Crippen LogP contribution in [-0.4, -0.2) is 36.1 Å². The first-order valence-corrected chi connectivity index (χ1v) is 8.56. The molecule has 0 radical (unpaired) electrons. The van der Waals surface area contributed by atoms with Crippen LogP contribution in [0.4, 0.5) is 0 Å². The van der Waals surface area contributed by atoms with Gasteiger partial charge in [-0.05, 0) is 46.8 Å². The zero-order valence-corrected chi connectivity index (χ0v) is 14.2. The van der Waals surface area contributed by atoms with Gasteiger partial charge in [0.15, 0.2) is 0 Å². The summed E-state index contributed by atoms with van der Waals surface area (Å²) in [5.41, 5.74) is 2.22. The fourth-order valence-electron chi connectivity index (χ4n) is 2.26. The van der Waals surface area contributed by atoms with Crippen LogP contribution in [0.25, 0.3) is 16.4 Å². The maximum Gasteiger partial charge on any atom is 0.317 e. The molecule has 4 aromatic rings. The molecule has 0 aliphatic rings. The standard InChI is InChI=1S/C17H12N6O2S/c24-16(9-12-10-26-17(20-12)15-3-1-2-8-18-15)25-14-6-4-13(5-7-14)23-11-19-21-22-23/h1-8,10-11H,9H2. The number of esters is 1. The Morgan fingerprint density at radius 1 is 1.15 bits per heavy atom. The molecule has 128 valence electrons. The second-order valence-corrected chi connectivity index (χ2v) is 6.12. The molecule has 3 aromatic heterocycles. The Bertz CT molecular complexity index is 999. The minimum absolute atomic E-state index is 0.0953. The van der Waals surface area contributed by atoms with Crippen molar-refractivity contribution in [3.63, 3.8) is 0 Å². The topological polar surface area (TPSA) is 95.7 Å². The third-order valence-electron chi connectivity index (χ3n) is 3.44. The highest BCUT2D eigenvalue weighted by Gasteiger charge is 2.11. The molecule has 9 heteroatoms. The molecule has 3 heterocycles. The summed E-state index contributed by atoms with van der Waals surface area (Å²) in [6.07, 6.45) is 3.30. The summed E-state index contributed by atoms with van der Waals surface area (Å²) in [5.74, 6) is 0.0741. The Morgan fingerprint density at radius 2 is 2.04 bits per heavy atom. The first kappa shape index (κ1) is 16.0. The lowest BCUT2D eigenvalue weighted by atomic mass is 10.3. The Hall–Kier alpha value is -3.46. The van der Waals surface area contributed by atoms with Crippen molar-refractivity contribution in [2.24, 2.45) is 0 Å². The maximum atomic E-state index is 12.1. The highest BCUT2D eigenvalue weighted by Crippen LogP contribution is 2.22. The van der Waals surface area contributed by atoms with Crippen LogP contribution in [-0.2, 0) is 11.2 Å². The van der Waals surface area contributed by atoms with Gasteiger partial charge >= 0.3 is 5.97 Å². The SMILES string of the molecule is O=C(Cc1csc(-c2ccccn2)n1)Oc1ccc(-n2cnnn2)cc1. The van der Waals surface area contributed by atoms with Crippen LogP contribution in [0, 0.1) is 0 Å². The van der Waals surface area contributed by atoms with Crippen molar-refractivity contribution >= 4 is 17.3 Å². The van der Waals surface area contributed by atoms with E-state index in [4.69, 9.17) is 4.74 Å². The number of carbonyl (C=O) groups excluding carboxylic acids is 1. The van der Waals surface area contributed by atoms with E-state index in [1.807, 2.05) is 23.6 Å². The molecule has 4 rings (SSSR count). The molecule has 1 aromatic carbocycles. The number of rotatable bonds is 5. The van der Waals surface area contributed by atoms with Gasteiger partial charge in [-0.25, -0.2) is 9.67 Å². The Labute approximate surface area is 152 Å². The van der Waals surface area contributed by atoms with Gasteiger partial charge in [0.25, 0.3) is 0 Å². The van der Waals surface area contributed by atoms with Gasteiger partial charge in [-0.2, -0.15) is 0 Å². The van der Waals surface area contributed by atoms with E-state index in [-0.39, 0.29) is 12.4 Å². The van der Waals surface area contributed by atoms with Gasteiger partial charge in [-0.15, -0.1) is 16.4 Å². The third-order valence-corrected chi connectivity index (χ3v) is 4.36. The van der Waals surface area contributed by atoms with E-state index < -0.39 is 0 Å². The van der Waals surface area contributed by atoms with Crippen molar-refractivity contribution in [3.05, 3.63) is 66.1 Å². The number of thiazole rings is 1. The summed E-state index contributed by atoms with van der Waals surface area (Å²) in [5, 5.41) is 13.6. The molecule has 0 amide bonds. The van der Waals surface area contributed by atoms with Crippen molar-refractivity contribution < 1.29 is 9.53 Å². The predicted molar refractivity (Wildman–Crippen MR) is 93.8 cm³/mol. The van der Waals surface area contributed by atoms with Crippen LogP contribution in [0.3, 0.4) is 0 Å². The van der Waals surface area contributed by atoms with Gasteiger partial charge in [0.05, 0.1) is 23.5 Å². The van der Waals surface area contributed by atoms with Crippen molar-refractivity contribution in [2.75, 3.05) is 0 Å². The van der Waals surface area contributed by atoms with E-state index in [0.717, 1.165) is 16.4 Å². The van der Waals surface area contributed by atoms with E-state index in [1.165, 1.54) is 22.3 Å². The molecule has 0 bridgehead atoms. The molecule has 0 atom stereocenters. The van der Waals surface area contributed by atoms with Crippen LogP contribution >= 0.6 is 11.3 Å². The minimum Gasteiger partial charge on any atom is -0.426 e. The molecule has 0 fully saturated rings. The number of ether oxygens (including phenoxy) is 1. The average Bonchev–Trinajstić information content (AvgIpc) is 3.35. The van der Waals surface area contributed by atoms with Crippen molar-refractivity contribution in [2.45, 2.75) is 6.42 Å². The molecule has 0 spiro atoms. The van der Waals surface area contributed by atoms with E-state index in [0.29, 0.717) is 11.4 Å². The lowest BCUT2D eigenvalue weighted by molar-refractivity contribution is -0.133. The fourth-order valence-corrected chi connectivity index (χ4v) is 3.05. The third kappa shape index (κ3) is 3.62. The number of tetrazole rings is 1. The van der Waals surface area contributed by atoms with Crippen LogP contribution < -0.4 is 4.74 Å². The smallest absolute Gasteiger partial charge is 0.317 e. The number of benzene rings is 1. The number of aromatic nitrogens is 6. The van der Waals surface area contributed by atoms with Crippen LogP contribution in [0.2, 0.25) is 0 Å². The van der Waals surface area contributed by atoms with Crippen molar-refractivity contribution in [3.8, 4) is 22.1 Å². The van der Waals surface area contributed by atoms with Gasteiger partial charge in [-0.3, -0.25) is 9.78 Å². The predicted octanol–water partition coefficient (Wildman–Crippen LogP) is 2.33. The second-order valence-electron chi connectivity index (χ2n) is 5.26. The molecular formula is C17H12N6O2S. The molecule has 26 heavy (non-hydrogen) atoms. The quantitative estimate of drug-likeness (QED) is 0.396. The minimum atomic E-state index is -0.377. The molecule has 8 nitrogen and oxygen atoms in total. The lowest BCUT2D eigenvalue weighted by Gasteiger charge is -2.04. The van der Waals surface area contributed by atoms with Gasteiger partial charge < -0.3 is 4.74 Å². The Morgan fingerprint density at radius 3 is 2.77 bits per heavy atom. The monoisotopic (exact) mass is 364 g/mol. The summed E-state index contributed by atoms with van der Waals surface area (Å²) in [7, 11) is 0. The number of hydrogen-bond acceptors (Lipinski definition) is 8. The molecule has 0 N–H and O–H groups in total. The molecule has 0 unspecified atom stereocenters. The van der Waals surface area contributed by atoms with E-state index >= 15 is 0 Å². The highest BCUT2D eigenvalue weighted by molar-refractivity contribution is 7.13. The molecule has 0 aliphatic heterocycles. The summed E-state index contributed by atoms with van der Waals surface area (Å²) in [6.45, 7) is 0. The van der Waals surface area contributed by atoms with Crippen LogP contribution in [0.1, 0.15) is 5.69 Å². The number of carbonyl (C=O) groups is 1. The first-order valence-electron chi connectivity index (χ1n) is 7.68. The summed E-state index contributed by atoms with van der Waals surface area (Å²) >= 11 is 1.45. The Kier molecular flexibility index (Phi) is 4.44. The van der Waals surface area contributed by atoms with E-state index in [1.54, 1.807) is 30.5 Å². The van der Waals surface area contributed by atoms with Gasteiger partial charge in [0.2, 0.25) is 0 Å². The number of pyridine rings is 1. The normalized spacial score (nSPS) is 10.6.